The van der Waals surface area contributed by atoms with Crippen LogP contribution in [0, 0.1) is 29.6 Å². The maximum absolute atomic E-state index is 9.83. The minimum atomic E-state index is -0.639. The third-order valence-electron chi connectivity index (χ3n) is 6.31. The van der Waals surface area contributed by atoms with Crippen LogP contribution >= 0.6 is 0 Å². The number of ether oxygens (including phenoxy) is 2. The monoisotopic (exact) mass is 452 g/mol. The minimum Gasteiger partial charge on any atom is -0.482 e. The molecule has 0 N–H and O–H groups in total. The summed E-state index contributed by atoms with van der Waals surface area (Å²) in [7, 11) is 0. The summed E-state index contributed by atoms with van der Waals surface area (Å²) in [6, 6.07) is 23.7. The van der Waals surface area contributed by atoms with Gasteiger partial charge in [-0.3, -0.25) is 0 Å². The summed E-state index contributed by atoms with van der Waals surface area (Å²) in [5, 5.41) is 19.6. The SMILES string of the molecule is CCC(CC)(Oc1cccc(Oc2cccc(C(C)(C)C)c2C#N)c1)c1cccc(C)c1C#N. The van der Waals surface area contributed by atoms with Crippen LogP contribution in [0.5, 0.6) is 17.2 Å². The van der Waals surface area contributed by atoms with Gasteiger partial charge in [-0.1, -0.05) is 71.0 Å². The van der Waals surface area contributed by atoms with Gasteiger partial charge in [0.05, 0.1) is 17.2 Å². The quantitative estimate of drug-likeness (QED) is 0.365. The van der Waals surface area contributed by atoms with Crippen LogP contribution in [0.2, 0.25) is 0 Å². The standard InChI is InChI=1S/C30H32N2O2/c1-7-30(8-2,27-16-9-12-21(3)24(27)19-31)34-23-14-10-13-22(18-23)33-28-17-11-15-26(25(28)20-32)29(4,5)6/h9-18H,7-8H2,1-6H3. The van der Waals surface area contributed by atoms with Gasteiger partial charge < -0.3 is 9.47 Å². The summed E-state index contributed by atoms with van der Waals surface area (Å²) in [5.41, 5.74) is 3.17. The van der Waals surface area contributed by atoms with Crippen LogP contribution in [-0.4, -0.2) is 0 Å². The Balaban J connectivity index is 1.99. The van der Waals surface area contributed by atoms with Gasteiger partial charge in [0, 0.05) is 11.6 Å². The average Bonchev–Trinajstić information content (AvgIpc) is 2.82. The smallest absolute Gasteiger partial charge is 0.145 e. The van der Waals surface area contributed by atoms with E-state index in [4.69, 9.17) is 9.47 Å². The first-order valence-corrected chi connectivity index (χ1v) is 11.7. The number of hydrogen-bond donors (Lipinski definition) is 0. The molecule has 0 unspecified atom stereocenters. The summed E-state index contributed by atoms with van der Waals surface area (Å²) in [4.78, 5) is 0. The summed E-state index contributed by atoms with van der Waals surface area (Å²) in [6.45, 7) is 12.3. The minimum absolute atomic E-state index is 0.177. The predicted molar refractivity (Wildman–Crippen MR) is 135 cm³/mol. The number of benzene rings is 3. The van der Waals surface area contributed by atoms with Gasteiger partial charge in [-0.25, -0.2) is 0 Å². The van der Waals surface area contributed by atoms with Gasteiger partial charge in [0.2, 0.25) is 0 Å². The molecule has 0 spiro atoms. The Kier molecular flexibility index (Phi) is 7.33. The highest BCUT2D eigenvalue weighted by Crippen LogP contribution is 2.39. The summed E-state index contributed by atoms with van der Waals surface area (Å²) < 4.78 is 12.8. The highest BCUT2D eigenvalue weighted by atomic mass is 16.5. The maximum atomic E-state index is 9.83. The van der Waals surface area contributed by atoms with Gasteiger partial charge in [-0.2, -0.15) is 10.5 Å². The molecule has 0 aliphatic carbocycles. The van der Waals surface area contributed by atoms with E-state index < -0.39 is 5.60 Å². The van der Waals surface area contributed by atoms with Crippen molar-refractivity contribution < 1.29 is 9.47 Å². The van der Waals surface area contributed by atoms with Crippen LogP contribution in [0.15, 0.2) is 60.7 Å². The van der Waals surface area contributed by atoms with Gasteiger partial charge in [-0.05, 0) is 54.5 Å². The first-order chi connectivity index (χ1) is 16.2. The average molecular weight is 453 g/mol. The van der Waals surface area contributed by atoms with Gasteiger partial charge in [0.15, 0.2) is 0 Å². The molecule has 0 aliphatic heterocycles. The fraction of sp³-hybridized carbons (Fsp3) is 0.333. The second-order valence-corrected chi connectivity index (χ2v) is 9.53. The number of rotatable bonds is 7. The molecule has 0 amide bonds. The molecule has 0 saturated heterocycles. The molecule has 3 aromatic carbocycles. The van der Waals surface area contributed by atoms with Crippen molar-refractivity contribution >= 4 is 0 Å². The lowest BCUT2D eigenvalue weighted by Gasteiger charge is -2.34. The molecule has 0 fully saturated rings. The molecule has 0 radical (unpaired) electrons. The van der Waals surface area contributed by atoms with Gasteiger partial charge >= 0.3 is 0 Å². The molecule has 0 heterocycles. The first-order valence-electron chi connectivity index (χ1n) is 11.7. The first kappa shape index (κ1) is 24.9. The lowest BCUT2D eigenvalue weighted by atomic mass is 9.83. The number of nitriles is 2. The highest BCUT2D eigenvalue weighted by Gasteiger charge is 2.34. The molecule has 0 bridgehead atoms. The summed E-state index contributed by atoms with van der Waals surface area (Å²) in [5.74, 6) is 1.76. The highest BCUT2D eigenvalue weighted by molar-refractivity contribution is 5.53. The van der Waals surface area contributed by atoms with Gasteiger partial charge in [0.1, 0.15) is 28.9 Å². The lowest BCUT2D eigenvalue weighted by molar-refractivity contribution is 0.0568. The molecule has 3 rings (SSSR count). The number of hydrogen-bond acceptors (Lipinski definition) is 4. The zero-order valence-electron chi connectivity index (χ0n) is 20.9. The van der Waals surface area contributed by atoms with E-state index in [1.165, 1.54) is 0 Å². The van der Waals surface area contributed by atoms with E-state index in [1.807, 2.05) is 67.6 Å². The number of nitrogens with zero attached hydrogens (tertiary/aromatic N) is 2. The maximum Gasteiger partial charge on any atom is 0.145 e. The van der Waals surface area contributed by atoms with E-state index >= 15 is 0 Å². The third-order valence-corrected chi connectivity index (χ3v) is 6.31. The molecule has 34 heavy (non-hydrogen) atoms. The molecule has 0 atom stereocenters. The Morgan fingerprint density at radius 3 is 1.97 bits per heavy atom. The molecular formula is C30H32N2O2. The van der Waals surface area contributed by atoms with Crippen molar-refractivity contribution in [3.63, 3.8) is 0 Å². The van der Waals surface area contributed by atoms with Crippen molar-refractivity contribution in [2.75, 3.05) is 0 Å². The summed E-state index contributed by atoms with van der Waals surface area (Å²) in [6.07, 6.45) is 1.41. The van der Waals surface area contributed by atoms with Crippen LogP contribution in [0.25, 0.3) is 0 Å². The fourth-order valence-electron chi connectivity index (χ4n) is 4.34. The Hall–Kier alpha value is -3.76. The second kappa shape index (κ2) is 10.0. The third kappa shape index (κ3) is 4.92. The van der Waals surface area contributed by atoms with Crippen LogP contribution in [0.1, 0.15) is 75.3 Å². The predicted octanol–water partition coefficient (Wildman–Crippen LogP) is 7.92. The zero-order chi connectivity index (χ0) is 24.9. The van der Waals surface area contributed by atoms with E-state index in [-0.39, 0.29) is 5.41 Å². The summed E-state index contributed by atoms with van der Waals surface area (Å²) >= 11 is 0. The van der Waals surface area contributed by atoms with Crippen LogP contribution in [0.4, 0.5) is 0 Å². The molecule has 0 aromatic heterocycles. The van der Waals surface area contributed by atoms with Gasteiger partial charge in [-0.15, -0.1) is 0 Å². The van der Waals surface area contributed by atoms with Crippen molar-refractivity contribution in [3.05, 3.63) is 88.5 Å². The normalized spacial score (nSPS) is 11.4. The molecular weight excluding hydrogens is 420 g/mol. The molecule has 4 nitrogen and oxygen atoms in total. The second-order valence-electron chi connectivity index (χ2n) is 9.53. The van der Waals surface area contributed by atoms with Crippen LogP contribution in [0.3, 0.4) is 0 Å². The Morgan fingerprint density at radius 1 is 0.765 bits per heavy atom. The molecule has 0 saturated carbocycles. The van der Waals surface area contributed by atoms with Crippen LogP contribution < -0.4 is 9.47 Å². The van der Waals surface area contributed by atoms with E-state index in [2.05, 4.69) is 46.8 Å². The largest absolute Gasteiger partial charge is 0.482 e. The van der Waals surface area contributed by atoms with Crippen LogP contribution in [-0.2, 0) is 11.0 Å². The van der Waals surface area contributed by atoms with E-state index in [9.17, 15) is 10.5 Å². The zero-order valence-corrected chi connectivity index (χ0v) is 20.9. The molecule has 3 aromatic rings. The van der Waals surface area contributed by atoms with Crippen molar-refractivity contribution in [1.29, 1.82) is 10.5 Å². The van der Waals surface area contributed by atoms with Crippen molar-refractivity contribution in [2.24, 2.45) is 0 Å². The Morgan fingerprint density at radius 2 is 1.35 bits per heavy atom. The van der Waals surface area contributed by atoms with E-state index in [1.54, 1.807) is 0 Å². The lowest BCUT2D eigenvalue weighted by Crippen LogP contribution is -2.33. The Labute approximate surface area is 203 Å². The van der Waals surface area contributed by atoms with E-state index in [0.29, 0.717) is 41.2 Å². The van der Waals surface area contributed by atoms with Crippen molar-refractivity contribution in [2.45, 2.75) is 65.4 Å². The van der Waals surface area contributed by atoms with Crippen molar-refractivity contribution in [3.8, 4) is 29.4 Å². The Bertz CT molecular complexity index is 1250. The fourth-order valence-corrected chi connectivity index (χ4v) is 4.34. The van der Waals surface area contributed by atoms with E-state index in [0.717, 1.165) is 16.7 Å². The number of aryl methyl sites for hydroxylation is 1. The molecule has 174 valence electrons. The molecule has 4 heteroatoms. The topological polar surface area (TPSA) is 66.0 Å². The van der Waals surface area contributed by atoms with Gasteiger partial charge in [0.25, 0.3) is 0 Å². The molecule has 0 aliphatic rings. The van der Waals surface area contributed by atoms with Crippen molar-refractivity contribution in [1.82, 2.24) is 0 Å².